The standard InChI is InChI=1S/C26H44NO8/c1-7-13-21(28)33-20-19-32-26(31-18-12-11-17-27(5,6)16-10-4)25(35-23(30)15-9-3)24(20)34-22(29)14-8-2/h4,20,24-26H,7-9,11-19H2,1-3,5-6H3/q+1/t20-,24-,25-,26+/m1/s1. The molecule has 200 valence electrons. The van der Waals surface area contributed by atoms with Crippen molar-refractivity contribution in [3.63, 3.8) is 0 Å². The van der Waals surface area contributed by atoms with E-state index >= 15 is 0 Å². The highest BCUT2D eigenvalue weighted by molar-refractivity contribution is 5.71. The molecule has 1 fully saturated rings. The Balaban J connectivity index is 2.94. The molecule has 0 radical (unpaired) electrons. The van der Waals surface area contributed by atoms with Crippen LogP contribution in [0.5, 0.6) is 0 Å². The molecule has 35 heavy (non-hydrogen) atoms. The van der Waals surface area contributed by atoms with E-state index in [1.807, 2.05) is 20.8 Å². The Bertz CT molecular complexity index is 702. The average Bonchev–Trinajstić information content (AvgIpc) is 2.77. The van der Waals surface area contributed by atoms with Gasteiger partial charge in [-0.15, -0.1) is 6.42 Å². The first-order valence-corrected chi connectivity index (χ1v) is 12.7. The Labute approximate surface area is 210 Å². The lowest BCUT2D eigenvalue weighted by molar-refractivity contribution is -0.883. The van der Waals surface area contributed by atoms with Crippen LogP contribution in [0.1, 0.15) is 72.1 Å². The number of rotatable bonds is 16. The van der Waals surface area contributed by atoms with Crippen LogP contribution in [0.4, 0.5) is 0 Å². The Kier molecular flexibility index (Phi) is 14.6. The summed E-state index contributed by atoms with van der Waals surface area (Å²) in [5.74, 6) is 1.34. The van der Waals surface area contributed by atoms with Crippen LogP contribution in [0.15, 0.2) is 0 Å². The molecular formula is C26H44NO8+. The maximum absolute atomic E-state index is 12.4. The summed E-state index contributed by atoms with van der Waals surface area (Å²) in [6.45, 7) is 7.45. The van der Waals surface area contributed by atoms with Crippen molar-refractivity contribution in [2.75, 3.05) is 40.4 Å². The van der Waals surface area contributed by atoms with Crippen LogP contribution in [0.25, 0.3) is 0 Å². The first-order chi connectivity index (χ1) is 16.7. The highest BCUT2D eigenvalue weighted by Crippen LogP contribution is 2.26. The highest BCUT2D eigenvalue weighted by Gasteiger charge is 2.48. The zero-order valence-electron chi connectivity index (χ0n) is 22.1. The van der Waals surface area contributed by atoms with Gasteiger partial charge in [0.15, 0.2) is 24.6 Å². The Morgan fingerprint density at radius 1 is 0.886 bits per heavy atom. The zero-order valence-corrected chi connectivity index (χ0v) is 22.1. The first kappa shape index (κ1) is 30.9. The lowest BCUT2D eigenvalue weighted by Gasteiger charge is -2.40. The molecule has 0 N–H and O–H groups in total. The Morgan fingerprint density at radius 3 is 1.97 bits per heavy atom. The number of carbonyl (C=O) groups is 3. The summed E-state index contributed by atoms with van der Waals surface area (Å²) in [6.07, 6.45) is 5.59. The van der Waals surface area contributed by atoms with Crippen molar-refractivity contribution >= 4 is 17.9 Å². The maximum Gasteiger partial charge on any atom is 0.306 e. The molecule has 9 nitrogen and oxygen atoms in total. The van der Waals surface area contributed by atoms with Gasteiger partial charge in [-0.2, -0.15) is 0 Å². The van der Waals surface area contributed by atoms with Crippen LogP contribution in [-0.2, 0) is 38.1 Å². The minimum Gasteiger partial charge on any atom is -0.456 e. The summed E-state index contributed by atoms with van der Waals surface area (Å²) in [5, 5.41) is 0. The van der Waals surface area contributed by atoms with E-state index in [4.69, 9.17) is 30.1 Å². The molecule has 1 aliphatic rings. The normalized spacial score (nSPS) is 22.2. The van der Waals surface area contributed by atoms with Crippen LogP contribution in [0.3, 0.4) is 0 Å². The predicted octanol–water partition coefficient (Wildman–Crippen LogP) is 2.98. The molecule has 0 aromatic rings. The number of hydrogen-bond donors (Lipinski definition) is 0. The zero-order chi connectivity index (χ0) is 26.3. The summed E-state index contributed by atoms with van der Waals surface area (Å²) >= 11 is 0. The van der Waals surface area contributed by atoms with E-state index in [0.29, 0.717) is 36.9 Å². The quantitative estimate of drug-likeness (QED) is 0.105. The molecule has 0 spiro atoms. The van der Waals surface area contributed by atoms with Crippen molar-refractivity contribution in [2.45, 2.75) is 96.7 Å². The molecule has 1 rings (SSSR count). The minimum absolute atomic E-state index is 0.0297. The number of carbonyl (C=O) groups excluding carboxylic acids is 3. The molecule has 0 aromatic carbocycles. The number of esters is 3. The first-order valence-electron chi connectivity index (χ1n) is 12.7. The van der Waals surface area contributed by atoms with Crippen LogP contribution < -0.4 is 0 Å². The van der Waals surface area contributed by atoms with Gasteiger partial charge in [-0.05, 0) is 38.0 Å². The molecule has 1 heterocycles. The van der Waals surface area contributed by atoms with Crippen molar-refractivity contribution in [1.29, 1.82) is 0 Å². The molecular weight excluding hydrogens is 454 g/mol. The van der Waals surface area contributed by atoms with Gasteiger partial charge in [0.05, 0.1) is 33.9 Å². The molecule has 0 bridgehead atoms. The van der Waals surface area contributed by atoms with Gasteiger partial charge >= 0.3 is 17.9 Å². The summed E-state index contributed by atoms with van der Waals surface area (Å²) in [4.78, 5) is 37.0. The monoisotopic (exact) mass is 498 g/mol. The lowest BCUT2D eigenvalue weighted by atomic mass is 10.0. The van der Waals surface area contributed by atoms with Gasteiger partial charge in [-0.1, -0.05) is 20.8 Å². The minimum atomic E-state index is -1.04. The fourth-order valence-electron chi connectivity index (χ4n) is 3.68. The molecule has 9 heteroatoms. The molecule has 0 aromatic heterocycles. The van der Waals surface area contributed by atoms with E-state index in [-0.39, 0.29) is 25.9 Å². The second-order valence-corrected chi connectivity index (χ2v) is 9.49. The Morgan fingerprint density at radius 2 is 1.43 bits per heavy atom. The third kappa shape index (κ3) is 11.9. The number of nitrogens with zero attached hydrogens (tertiary/aromatic N) is 1. The largest absolute Gasteiger partial charge is 0.456 e. The molecule has 1 saturated heterocycles. The van der Waals surface area contributed by atoms with Gasteiger partial charge in [0.1, 0.15) is 6.54 Å². The number of ether oxygens (including phenoxy) is 5. The fraction of sp³-hybridized carbons (Fsp3) is 0.808. The second-order valence-electron chi connectivity index (χ2n) is 9.49. The average molecular weight is 499 g/mol. The van der Waals surface area contributed by atoms with Crippen molar-refractivity contribution in [3.8, 4) is 12.3 Å². The highest BCUT2D eigenvalue weighted by atomic mass is 16.7. The molecule has 4 atom stereocenters. The van der Waals surface area contributed by atoms with E-state index in [2.05, 4.69) is 20.0 Å². The number of terminal acetylenes is 1. The van der Waals surface area contributed by atoms with E-state index in [9.17, 15) is 14.4 Å². The van der Waals surface area contributed by atoms with E-state index in [0.717, 1.165) is 19.4 Å². The molecule has 0 unspecified atom stereocenters. The summed E-state index contributed by atoms with van der Waals surface area (Å²) < 4.78 is 29.4. The summed E-state index contributed by atoms with van der Waals surface area (Å²) in [5.41, 5.74) is 0. The van der Waals surface area contributed by atoms with E-state index in [1.165, 1.54) is 0 Å². The van der Waals surface area contributed by atoms with Gasteiger partial charge in [0, 0.05) is 19.3 Å². The SMILES string of the molecule is C#CC[N+](C)(C)CCCCO[C@H]1OC[C@@H](OC(=O)CCC)[C@@H](OC(=O)CCC)[C@H]1OC(=O)CCC. The van der Waals surface area contributed by atoms with Crippen LogP contribution in [0.2, 0.25) is 0 Å². The number of unbranched alkanes of at least 4 members (excludes halogenated alkanes) is 1. The van der Waals surface area contributed by atoms with Gasteiger partial charge < -0.3 is 28.2 Å². The molecule has 0 amide bonds. The third-order valence-electron chi connectivity index (χ3n) is 5.52. The predicted molar refractivity (Wildman–Crippen MR) is 130 cm³/mol. The van der Waals surface area contributed by atoms with E-state index in [1.54, 1.807) is 0 Å². The third-order valence-corrected chi connectivity index (χ3v) is 5.52. The molecule has 0 aliphatic carbocycles. The number of quaternary nitrogens is 1. The van der Waals surface area contributed by atoms with E-state index < -0.39 is 42.5 Å². The Hall–Kier alpha value is -2.15. The fourth-order valence-corrected chi connectivity index (χ4v) is 3.68. The van der Waals surface area contributed by atoms with Crippen molar-refractivity contribution < 1.29 is 42.6 Å². The van der Waals surface area contributed by atoms with Gasteiger partial charge in [0.25, 0.3) is 0 Å². The lowest BCUT2D eigenvalue weighted by Crippen LogP contribution is -2.58. The van der Waals surface area contributed by atoms with Crippen LogP contribution >= 0.6 is 0 Å². The molecule has 0 saturated carbocycles. The number of hydrogen-bond acceptors (Lipinski definition) is 8. The van der Waals surface area contributed by atoms with Gasteiger partial charge in [-0.3, -0.25) is 14.4 Å². The van der Waals surface area contributed by atoms with Crippen molar-refractivity contribution in [1.82, 2.24) is 0 Å². The van der Waals surface area contributed by atoms with Crippen molar-refractivity contribution in [2.24, 2.45) is 0 Å². The summed E-state index contributed by atoms with van der Waals surface area (Å²) in [6, 6.07) is 0. The van der Waals surface area contributed by atoms with Crippen LogP contribution in [0, 0.1) is 12.3 Å². The van der Waals surface area contributed by atoms with Crippen LogP contribution in [-0.4, -0.2) is 87.4 Å². The van der Waals surface area contributed by atoms with Crippen molar-refractivity contribution in [3.05, 3.63) is 0 Å². The topological polar surface area (TPSA) is 97.4 Å². The van der Waals surface area contributed by atoms with Gasteiger partial charge in [-0.25, -0.2) is 0 Å². The molecule has 1 aliphatic heterocycles. The summed E-state index contributed by atoms with van der Waals surface area (Å²) in [7, 11) is 4.15. The smallest absolute Gasteiger partial charge is 0.306 e. The second kappa shape index (κ2) is 16.5. The van der Waals surface area contributed by atoms with Gasteiger partial charge in [0.2, 0.25) is 0 Å². The maximum atomic E-state index is 12.4.